The largest absolute Gasteiger partial charge is 0.348 e. The normalized spacial score (nSPS) is 17.9. The third-order valence-electron chi connectivity index (χ3n) is 3.16. The summed E-state index contributed by atoms with van der Waals surface area (Å²) < 4.78 is 0. The summed E-state index contributed by atoms with van der Waals surface area (Å²) in [5.74, 6) is -0.303. The van der Waals surface area contributed by atoms with Gasteiger partial charge in [-0.1, -0.05) is 0 Å². The molecule has 1 saturated heterocycles. The highest BCUT2D eigenvalue weighted by atomic mass is 35.5. The average Bonchev–Trinajstić information content (AvgIpc) is 2.40. The lowest BCUT2D eigenvalue weighted by Gasteiger charge is -2.23. The van der Waals surface area contributed by atoms with E-state index >= 15 is 0 Å². The Bertz CT molecular complexity index is 503. The van der Waals surface area contributed by atoms with Gasteiger partial charge >= 0.3 is 0 Å². The molecule has 1 aromatic rings. The summed E-state index contributed by atoms with van der Waals surface area (Å²) in [7, 11) is 0. The van der Waals surface area contributed by atoms with Crippen molar-refractivity contribution in [3.63, 3.8) is 0 Å². The molecule has 1 aromatic heterocycles. The Morgan fingerprint density at radius 1 is 1.60 bits per heavy atom. The fraction of sp³-hybridized carbons (Fsp3) is 0.500. The maximum absolute atomic E-state index is 12.1. The van der Waals surface area contributed by atoms with Gasteiger partial charge in [0.1, 0.15) is 6.20 Å². The molecule has 20 heavy (non-hydrogen) atoms. The Morgan fingerprint density at radius 3 is 2.95 bits per heavy atom. The van der Waals surface area contributed by atoms with Gasteiger partial charge in [-0.3, -0.25) is 19.9 Å². The number of amides is 1. The van der Waals surface area contributed by atoms with Gasteiger partial charge in [0.15, 0.2) is 0 Å². The molecule has 2 rings (SSSR count). The molecule has 0 spiro atoms. The number of piperidine rings is 1. The van der Waals surface area contributed by atoms with E-state index in [1.54, 1.807) is 6.92 Å². The molecule has 1 fully saturated rings. The first-order valence-corrected chi connectivity index (χ1v) is 6.20. The molecule has 0 unspecified atom stereocenters. The first-order chi connectivity index (χ1) is 9.08. The van der Waals surface area contributed by atoms with Gasteiger partial charge < -0.3 is 10.6 Å². The number of nitro groups is 1. The summed E-state index contributed by atoms with van der Waals surface area (Å²) in [4.78, 5) is 26.2. The Balaban J connectivity index is 0.00000200. The quantitative estimate of drug-likeness (QED) is 0.646. The fourth-order valence-electron chi connectivity index (χ4n) is 2.09. The molecule has 0 saturated carbocycles. The van der Waals surface area contributed by atoms with Gasteiger partial charge in [-0.25, -0.2) is 0 Å². The molecule has 110 valence electrons. The Kier molecular flexibility index (Phi) is 5.84. The van der Waals surface area contributed by atoms with E-state index in [9.17, 15) is 14.9 Å². The summed E-state index contributed by atoms with van der Waals surface area (Å²) in [6.07, 6.45) is 3.09. The number of hydrogen-bond donors (Lipinski definition) is 2. The van der Waals surface area contributed by atoms with E-state index in [0.717, 1.165) is 32.1 Å². The molecular weight excluding hydrogens is 284 g/mol. The first-order valence-electron chi connectivity index (χ1n) is 6.20. The summed E-state index contributed by atoms with van der Waals surface area (Å²) >= 11 is 0. The number of aromatic nitrogens is 1. The van der Waals surface area contributed by atoms with Gasteiger partial charge in [-0.2, -0.15) is 0 Å². The van der Waals surface area contributed by atoms with Crippen LogP contribution in [0.2, 0.25) is 0 Å². The zero-order valence-corrected chi connectivity index (χ0v) is 11.9. The number of hydrogen-bond acceptors (Lipinski definition) is 5. The highest BCUT2D eigenvalue weighted by Crippen LogP contribution is 2.15. The molecule has 0 aliphatic carbocycles. The van der Waals surface area contributed by atoms with Crippen LogP contribution in [0.25, 0.3) is 0 Å². The van der Waals surface area contributed by atoms with E-state index in [1.165, 1.54) is 6.07 Å². The van der Waals surface area contributed by atoms with Crippen LogP contribution in [0.1, 0.15) is 28.9 Å². The molecule has 1 amide bonds. The van der Waals surface area contributed by atoms with Gasteiger partial charge in [0.2, 0.25) is 0 Å². The minimum absolute atomic E-state index is 0. The van der Waals surface area contributed by atoms with Gasteiger partial charge in [0.25, 0.3) is 11.6 Å². The number of carbonyl (C=O) groups excluding carboxylic acids is 1. The van der Waals surface area contributed by atoms with Crippen LogP contribution in [-0.2, 0) is 0 Å². The molecule has 1 aliphatic heterocycles. The second-order valence-electron chi connectivity index (χ2n) is 4.60. The lowest BCUT2D eigenvalue weighted by Crippen LogP contribution is -2.45. The predicted molar refractivity (Wildman–Crippen MR) is 76.2 cm³/mol. The summed E-state index contributed by atoms with van der Waals surface area (Å²) in [6.45, 7) is 3.36. The number of halogens is 1. The molecule has 0 aromatic carbocycles. The number of aryl methyl sites for hydroxylation is 1. The van der Waals surface area contributed by atoms with E-state index in [4.69, 9.17) is 0 Å². The van der Waals surface area contributed by atoms with Crippen LogP contribution < -0.4 is 10.6 Å². The lowest BCUT2D eigenvalue weighted by atomic mass is 10.1. The highest BCUT2D eigenvalue weighted by Gasteiger charge is 2.20. The van der Waals surface area contributed by atoms with Crippen molar-refractivity contribution < 1.29 is 9.72 Å². The van der Waals surface area contributed by atoms with Crippen LogP contribution in [-0.4, -0.2) is 34.9 Å². The Hall–Kier alpha value is -1.73. The zero-order chi connectivity index (χ0) is 13.8. The molecule has 1 atom stereocenters. The van der Waals surface area contributed by atoms with E-state index in [2.05, 4.69) is 15.6 Å². The van der Waals surface area contributed by atoms with Gasteiger partial charge in [-0.15, -0.1) is 12.4 Å². The highest BCUT2D eigenvalue weighted by molar-refractivity contribution is 5.95. The van der Waals surface area contributed by atoms with E-state index < -0.39 is 4.92 Å². The number of nitrogens with one attached hydrogen (secondary N) is 2. The molecule has 1 aliphatic rings. The molecule has 7 nitrogen and oxygen atoms in total. The van der Waals surface area contributed by atoms with Crippen molar-refractivity contribution in [3.8, 4) is 0 Å². The Labute approximate surface area is 122 Å². The zero-order valence-electron chi connectivity index (χ0n) is 11.1. The van der Waals surface area contributed by atoms with Crippen LogP contribution in [0.5, 0.6) is 0 Å². The second-order valence-corrected chi connectivity index (χ2v) is 4.60. The van der Waals surface area contributed by atoms with Crippen LogP contribution in [0.15, 0.2) is 12.3 Å². The summed E-state index contributed by atoms with van der Waals surface area (Å²) in [5, 5.41) is 16.8. The average molecular weight is 301 g/mol. The molecule has 0 radical (unpaired) electrons. The van der Waals surface area contributed by atoms with Crippen molar-refractivity contribution in [2.45, 2.75) is 25.8 Å². The minimum Gasteiger partial charge on any atom is -0.348 e. The minimum atomic E-state index is -0.550. The summed E-state index contributed by atoms with van der Waals surface area (Å²) in [6, 6.07) is 1.34. The van der Waals surface area contributed by atoms with Crippen LogP contribution in [0, 0.1) is 17.0 Å². The number of rotatable bonds is 3. The van der Waals surface area contributed by atoms with E-state index in [0.29, 0.717) is 5.69 Å². The van der Waals surface area contributed by atoms with Crippen molar-refractivity contribution in [1.29, 1.82) is 0 Å². The topological polar surface area (TPSA) is 97.2 Å². The van der Waals surface area contributed by atoms with Gasteiger partial charge in [0, 0.05) is 18.7 Å². The maximum Gasteiger partial charge on any atom is 0.288 e. The summed E-state index contributed by atoms with van der Waals surface area (Å²) in [5.41, 5.74) is 0.587. The predicted octanol–water partition coefficient (Wildman–Crippen LogP) is 1.20. The van der Waals surface area contributed by atoms with Crippen LogP contribution in [0.4, 0.5) is 5.69 Å². The molecule has 2 N–H and O–H groups in total. The maximum atomic E-state index is 12.1. The number of nitrogens with zero attached hydrogens (tertiary/aromatic N) is 2. The van der Waals surface area contributed by atoms with Crippen LogP contribution in [0.3, 0.4) is 0 Å². The molecule has 2 heterocycles. The lowest BCUT2D eigenvalue weighted by molar-refractivity contribution is -0.385. The molecular formula is C12H17ClN4O3. The first kappa shape index (κ1) is 16.3. The SMILES string of the molecule is Cc1ncc([N+](=O)[O-])cc1C(=O)N[C@H]1CCCNC1.Cl. The second kappa shape index (κ2) is 7.16. The van der Waals surface area contributed by atoms with E-state index in [1.807, 2.05) is 0 Å². The van der Waals surface area contributed by atoms with Crippen molar-refractivity contribution >= 4 is 24.0 Å². The van der Waals surface area contributed by atoms with Crippen molar-refractivity contribution in [2.24, 2.45) is 0 Å². The standard InChI is InChI=1S/C12H16N4O3.ClH/c1-8-11(5-10(7-14-8)16(18)19)12(17)15-9-3-2-4-13-6-9;/h5,7,9,13H,2-4,6H2,1H3,(H,15,17);1H/t9-;/m0./s1. The molecule has 0 bridgehead atoms. The third kappa shape index (κ3) is 3.88. The van der Waals surface area contributed by atoms with Crippen molar-refractivity contribution in [1.82, 2.24) is 15.6 Å². The number of pyridine rings is 1. The number of carbonyl (C=O) groups is 1. The smallest absolute Gasteiger partial charge is 0.288 e. The van der Waals surface area contributed by atoms with Gasteiger partial charge in [0.05, 0.1) is 16.2 Å². The van der Waals surface area contributed by atoms with Crippen molar-refractivity contribution in [3.05, 3.63) is 33.6 Å². The molecule has 8 heteroatoms. The van der Waals surface area contributed by atoms with Crippen LogP contribution >= 0.6 is 12.4 Å². The van der Waals surface area contributed by atoms with Crippen molar-refractivity contribution in [2.75, 3.05) is 13.1 Å². The fourth-order valence-corrected chi connectivity index (χ4v) is 2.09. The monoisotopic (exact) mass is 300 g/mol. The van der Waals surface area contributed by atoms with E-state index in [-0.39, 0.29) is 35.6 Å². The Morgan fingerprint density at radius 2 is 2.35 bits per heavy atom. The van der Waals surface area contributed by atoms with Gasteiger partial charge in [-0.05, 0) is 26.3 Å². The third-order valence-corrected chi connectivity index (χ3v) is 3.16.